The second kappa shape index (κ2) is 2.96. The predicted molar refractivity (Wildman–Crippen MR) is 54.5 cm³/mol. The molecule has 0 radical (unpaired) electrons. The zero-order chi connectivity index (χ0) is 11.7. The first-order valence-corrected chi connectivity index (χ1v) is 6.17. The van der Waals surface area contributed by atoms with E-state index >= 15 is 0 Å². The second-order valence-electron chi connectivity index (χ2n) is 5.52. The molecular weight excluding hydrogens is 224 g/mol. The summed E-state index contributed by atoms with van der Waals surface area (Å²) in [6.45, 7) is 0. The molecule has 0 aromatic heterocycles. The molecule has 0 amide bonds. The molecule has 0 spiro atoms. The van der Waals surface area contributed by atoms with Crippen molar-refractivity contribution >= 4 is 12.6 Å². The van der Waals surface area contributed by atoms with E-state index in [9.17, 15) is 9.59 Å². The lowest BCUT2D eigenvalue weighted by Crippen LogP contribution is -2.51. The zero-order valence-electron chi connectivity index (χ0n) is 9.33. The van der Waals surface area contributed by atoms with Crippen molar-refractivity contribution in [2.75, 3.05) is 0 Å². The highest BCUT2D eigenvalue weighted by Crippen LogP contribution is 2.54. The lowest BCUT2D eigenvalue weighted by molar-refractivity contribution is -0.178. The Labute approximate surface area is 98.4 Å². The van der Waals surface area contributed by atoms with Gasteiger partial charge >= 0.3 is 0 Å². The molecule has 17 heavy (non-hydrogen) atoms. The fraction of sp³-hybridized carbons (Fsp3) is 0.833. The van der Waals surface area contributed by atoms with Crippen molar-refractivity contribution in [2.45, 2.75) is 61.3 Å². The van der Waals surface area contributed by atoms with E-state index in [2.05, 4.69) is 0 Å². The summed E-state index contributed by atoms with van der Waals surface area (Å²) in [6, 6.07) is 0. The van der Waals surface area contributed by atoms with Gasteiger partial charge in [0.15, 0.2) is 23.8 Å². The van der Waals surface area contributed by atoms with Gasteiger partial charge in [0.1, 0.15) is 12.2 Å². The Morgan fingerprint density at radius 1 is 0.941 bits per heavy atom. The van der Waals surface area contributed by atoms with Gasteiger partial charge in [0, 0.05) is 0 Å². The summed E-state index contributed by atoms with van der Waals surface area (Å²) in [7, 11) is 0. The molecule has 4 rings (SSSR count). The Balaban J connectivity index is 1.62. The molecule has 0 N–H and O–H groups in total. The van der Waals surface area contributed by atoms with E-state index in [4.69, 9.17) is 14.2 Å². The monoisotopic (exact) mass is 238 g/mol. The third-order valence-electron chi connectivity index (χ3n) is 4.55. The Hall–Kier alpha value is -0.780. The minimum atomic E-state index is -0.910. The Bertz CT molecular complexity index is 360. The molecule has 6 atom stereocenters. The highest BCUT2D eigenvalue weighted by atomic mass is 16.7. The van der Waals surface area contributed by atoms with Crippen LogP contribution in [-0.4, -0.2) is 48.2 Å². The maximum atomic E-state index is 11.4. The van der Waals surface area contributed by atoms with Crippen molar-refractivity contribution in [2.24, 2.45) is 0 Å². The average Bonchev–Trinajstić information content (AvgIpc) is 3.26. The van der Waals surface area contributed by atoms with Crippen molar-refractivity contribution < 1.29 is 23.8 Å². The smallest absolute Gasteiger partial charge is 0.154 e. The molecule has 4 aliphatic rings. The van der Waals surface area contributed by atoms with Crippen LogP contribution in [0.15, 0.2) is 0 Å². The van der Waals surface area contributed by atoms with E-state index in [1.165, 1.54) is 0 Å². The molecule has 2 saturated heterocycles. The molecule has 4 fully saturated rings. The maximum absolute atomic E-state index is 11.4. The van der Waals surface area contributed by atoms with Crippen molar-refractivity contribution in [1.29, 1.82) is 0 Å². The molecule has 5 nitrogen and oxygen atoms in total. The summed E-state index contributed by atoms with van der Waals surface area (Å²) in [4.78, 5) is 22.7. The van der Waals surface area contributed by atoms with E-state index in [0.29, 0.717) is 12.8 Å². The molecule has 2 saturated carbocycles. The van der Waals surface area contributed by atoms with Gasteiger partial charge < -0.3 is 23.8 Å². The largest absolute Gasteiger partial charge is 0.366 e. The zero-order valence-corrected chi connectivity index (χ0v) is 9.33. The van der Waals surface area contributed by atoms with E-state index in [0.717, 1.165) is 25.4 Å². The molecule has 5 heteroatoms. The number of hydrogen-bond donors (Lipinski definition) is 0. The van der Waals surface area contributed by atoms with Crippen molar-refractivity contribution in [1.82, 2.24) is 0 Å². The lowest BCUT2D eigenvalue weighted by atomic mass is 9.97. The van der Waals surface area contributed by atoms with E-state index in [1.54, 1.807) is 0 Å². The molecule has 0 bridgehead atoms. The van der Waals surface area contributed by atoms with Gasteiger partial charge in [0.05, 0.1) is 12.2 Å². The van der Waals surface area contributed by atoms with Crippen LogP contribution < -0.4 is 0 Å². The van der Waals surface area contributed by atoms with Gasteiger partial charge in [-0.1, -0.05) is 0 Å². The summed E-state index contributed by atoms with van der Waals surface area (Å²) in [5.41, 5.74) is -1.82. The van der Waals surface area contributed by atoms with Gasteiger partial charge in [0.25, 0.3) is 0 Å². The third-order valence-corrected chi connectivity index (χ3v) is 4.55. The first-order chi connectivity index (χ1) is 8.23. The minimum absolute atomic E-state index is 0.144. The fourth-order valence-electron chi connectivity index (χ4n) is 3.48. The Morgan fingerprint density at radius 3 is 1.65 bits per heavy atom. The predicted octanol–water partition coefficient (Wildman–Crippen LogP) is 0.000800. The molecule has 6 unspecified atom stereocenters. The summed E-state index contributed by atoms with van der Waals surface area (Å²) < 4.78 is 16.8. The fourth-order valence-corrected chi connectivity index (χ4v) is 3.48. The minimum Gasteiger partial charge on any atom is -0.366 e. The number of carbonyl (C=O) groups is 2. The van der Waals surface area contributed by atoms with Crippen molar-refractivity contribution in [3.63, 3.8) is 0 Å². The SMILES string of the molecule is O=CC1(OC2(C=O)CCC3OC32)CCC2OC21. The van der Waals surface area contributed by atoms with Crippen LogP contribution in [0.5, 0.6) is 0 Å². The number of epoxide rings is 2. The van der Waals surface area contributed by atoms with E-state index in [1.807, 2.05) is 0 Å². The van der Waals surface area contributed by atoms with Crippen LogP contribution in [-0.2, 0) is 23.8 Å². The van der Waals surface area contributed by atoms with Gasteiger partial charge in [-0.25, -0.2) is 0 Å². The van der Waals surface area contributed by atoms with Crippen LogP contribution in [0, 0.1) is 0 Å². The quantitative estimate of drug-likeness (QED) is 0.509. The number of aldehydes is 2. The normalized spacial score (nSPS) is 58.4. The highest BCUT2D eigenvalue weighted by molar-refractivity contribution is 5.70. The van der Waals surface area contributed by atoms with Gasteiger partial charge in [0.2, 0.25) is 0 Å². The molecule has 2 aliphatic heterocycles. The third kappa shape index (κ3) is 1.19. The van der Waals surface area contributed by atoms with Gasteiger partial charge in [-0.05, 0) is 25.7 Å². The first kappa shape index (κ1) is 10.2. The lowest BCUT2D eigenvalue weighted by Gasteiger charge is -2.34. The number of carbonyl (C=O) groups excluding carboxylic acids is 2. The van der Waals surface area contributed by atoms with Gasteiger partial charge in [-0.2, -0.15) is 0 Å². The van der Waals surface area contributed by atoms with E-state index < -0.39 is 11.2 Å². The van der Waals surface area contributed by atoms with Crippen LogP contribution in [0.3, 0.4) is 0 Å². The summed E-state index contributed by atoms with van der Waals surface area (Å²) in [6.07, 6.45) is 4.65. The highest BCUT2D eigenvalue weighted by Gasteiger charge is 2.69. The van der Waals surface area contributed by atoms with Crippen molar-refractivity contribution in [3.8, 4) is 0 Å². The van der Waals surface area contributed by atoms with E-state index in [-0.39, 0.29) is 24.4 Å². The number of hydrogen-bond acceptors (Lipinski definition) is 5. The summed E-state index contributed by atoms with van der Waals surface area (Å²) in [5.74, 6) is 0. The molecule has 2 aliphatic carbocycles. The number of fused-ring (bicyclic) bond motifs is 2. The molecule has 2 heterocycles. The summed E-state index contributed by atoms with van der Waals surface area (Å²) >= 11 is 0. The number of ether oxygens (including phenoxy) is 3. The summed E-state index contributed by atoms with van der Waals surface area (Å²) in [5, 5.41) is 0. The van der Waals surface area contributed by atoms with Gasteiger partial charge in [-0.15, -0.1) is 0 Å². The van der Waals surface area contributed by atoms with Crippen LogP contribution in [0.25, 0.3) is 0 Å². The number of rotatable bonds is 4. The van der Waals surface area contributed by atoms with Gasteiger partial charge in [-0.3, -0.25) is 0 Å². The Morgan fingerprint density at radius 2 is 1.41 bits per heavy atom. The standard InChI is InChI=1S/C12H14O5/c13-5-11(3-1-7-9(11)15-7)17-12(6-14)4-2-8-10(12)16-8/h5-10H,1-4H2. The molecular formula is C12H14O5. The van der Waals surface area contributed by atoms with Crippen LogP contribution >= 0.6 is 0 Å². The first-order valence-electron chi connectivity index (χ1n) is 6.17. The Kier molecular flexibility index (Phi) is 1.77. The molecule has 0 aromatic carbocycles. The van der Waals surface area contributed by atoms with Crippen LogP contribution in [0.1, 0.15) is 25.7 Å². The molecule has 0 aromatic rings. The topological polar surface area (TPSA) is 68.4 Å². The van der Waals surface area contributed by atoms with Crippen LogP contribution in [0.4, 0.5) is 0 Å². The maximum Gasteiger partial charge on any atom is 0.154 e. The average molecular weight is 238 g/mol. The van der Waals surface area contributed by atoms with Crippen molar-refractivity contribution in [3.05, 3.63) is 0 Å². The molecule has 92 valence electrons. The second-order valence-corrected chi connectivity index (χ2v) is 5.52. The van der Waals surface area contributed by atoms with Crippen LogP contribution in [0.2, 0.25) is 0 Å².